The highest BCUT2D eigenvalue weighted by Crippen LogP contribution is 2.18. The number of hydrogen-bond donors (Lipinski definition) is 2. The van der Waals surface area contributed by atoms with E-state index in [0.29, 0.717) is 5.56 Å². The van der Waals surface area contributed by atoms with Crippen molar-refractivity contribution in [1.29, 1.82) is 0 Å². The molecule has 6 nitrogen and oxygen atoms in total. The maximum Gasteiger partial charge on any atom is 0.252 e. The first-order valence-corrected chi connectivity index (χ1v) is 8.91. The van der Waals surface area contributed by atoms with Gasteiger partial charge in [-0.2, -0.15) is 5.10 Å². The number of aromatic nitrogens is 2. The Morgan fingerprint density at radius 2 is 1.69 bits per heavy atom. The Hall–Kier alpha value is -3.55. The van der Waals surface area contributed by atoms with Crippen molar-refractivity contribution in [2.45, 2.75) is 19.9 Å². The fourth-order valence-corrected chi connectivity index (χ4v) is 3.00. The lowest BCUT2D eigenvalue weighted by Crippen LogP contribution is -2.39. The predicted octanol–water partition coefficient (Wildman–Crippen LogP) is 2.98. The second-order valence-electron chi connectivity index (χ2n) is 6.58. The fraction of sp³-hybridized carbons (Fsp3) is 0.190. The van der Waals surface area contributed by atoms with Crippen molar-refractivity contribution in [3.05, 3.63) is 82.7 Å². The van der Waals surface area contributed by atoms with Crippen molar-refractivity contribution in [3.8, 4) is 5.69 Å². The molecule has 1 heterocycles. The number of hydrogen-bond acceptors (Lipinski definition) is 3. The Morgan fingerprint density at radius 1 is 1.00 bits per heavy atom. The van der Waals surface area contributed by atoms with Gasteiger partial charge in [-0.25, -0.2) is 13.5 Å². The molecule has 3 rings (SSSR count). The van der Waals surface area contributed by atoms with Gasteiger partial charge in [-0.15, -0.1) is 0 Å². The zero-order valence-corrected chi connectivity index (χ0v) is 16.2. The van der Waals surface area contributed by atoms with Gasteiger partial charge in [0, 0.05) is 18.3 Å². The number of benzene rings is 2. The largest absolute Gasteiger partial charge is 0.357 e. The van der Waals surface area contributed by atoms with E-state index in [1.807, 2.05) is 19.9 Å². The van der Waals surface area contributed by atoms with Crippen LogP contribution in [0.3, 0.4) is 0 Å². The maximum atomic E-state index is 13.6. The molecule has 0 radical (unpaired) electrons. The summed E-state index contributed by atoms with van der Waals surface area (Å²) < 4.78 is 28.5. The summed E-state index contributed by atoms with van der Waals surface area (Å²) in [4.78, 5) is 24.8. The number of aryl methyl sites for hydroxylation is 2. The average molecular weight is 398 g/mol. The number of nitrogens with one attached hydrogen (secondary N) is 2. The maximum absolute atomic E-state index is 13.6. The second kappa shape index (κ2) is 8.22. The number of likely N-dealkylation sites (N-methyl/N-ethyl adjacent to an activating group) is 1. The van der Waals surface area contributed by atoms with Gasteiger partial charge in [0.2, 0.25) is 5.91 Å². The SMILES string of the molecule is CNC(=O)C(NC(=O)c1ccc(-n2nc(C)cc2C)cc1)c1ccc(F)c(F)c1. The van der Waals surface area contributed by atoms with Crippen LogP contribution in [0.2, 0.25) is 0 Å². The van der Waals surface area contributed by atoms with E-state index in [1.54, 1.807) is 28.9 Å². The topological polar surface area (TPSA) is 76.0 Å². The Balaban J connectivity index is 1.83. The van der Waals surface area contributed by atoms with E-state index >= 15 is 0 Å². The van der Waals surface area contributed by atoms with E-state index in [9.17, 15) is 18.4 Å². The van der Waals surface area contributed by atoms with Crippen molar-refractivity contribution in [2.24, 2.45) is 0 Å². The molecule has 29 heavy (non-hydrogen) atoms. The monoisotopic (exact) mass is 398 g/mol. The molecule has 1 unspecified atom stereocenters. The fourth-order valence-electron chi connectivity index (χ4n) is 3.00. The van der Waals surface area contributed by atoms with E-state index in [0.717, 1.165) is 29.2 Å². The van der Waals surface area contributed by atoms with E-state index in [-0.39, 0.29) is 5.56 Å². The Kier molecular flexibility index (Phi) is 5.72. The molecule has 0 fully saturated rings. The number of carbonyl (C=O) groups excluding carboxylic acids is 2. The third-order valence-corrected chi connectivity index (χ3v) is 4.44. The van der Waals surface area contributed by atoms with Gasteiger partial charge in [0.15, 0.2) is 11.6 Å². The van der Waals surface area contributed by atoms with Crippen LogP contribution in [-0.4, -0.2) is 28.6 Å². The molecule has 8 heteroatoms. The molecule has 0 spiro atoms. The molecular formula is C21H20F2N4O2. The lowest BCUT2D eigenvalue weighted by molar-refractivity contribution is -0.122. The molecule has 0 aliphatic heterocycles. The third kappa shape index (κ3) is 4.31. The highest BCUT2D eigenvalue weighted by atomic mass is 19.2. The van der Waals surface area contributed by atoms with Crippen LogP contribution in [0.25, 0.3) is 5.69 Å². The molecule has 0 bridgehead atoms. The lowest BCUT2D eigenvalue weighted by Gasteiger charge is -2.18. The van der Waals surface area contributed by atoms with Gasteiger partial charge in [0.05, 0.1) is 11.4 Å². The quantitative estimate of drug-likeness (QED) is 0.694. The minimum absolute atomic E-state index is 0.135. The molecule has 3 aromatic rings. The molecule has 1 aromatic heterocycles. The summed E-state index contributed by atoms with van der Waals surface area (Å²) in [5.41, 5.74) is 3.07. The third-order valence-electron chi connectivity index (χ3n) is 4.44. The summed E-state index contributed by atoms with van der Waals surface area (Å²) in [5.74, 6) is -3.21. The van der Waals surface area contributed by atoms with Crippen LogP contribution < -0.4 is 10.6 Å². The Bertz CT molecular complexity index is 1060. The van der Waals surface area contributed by atoms with E-state index in [4.69, 9.17) is 0 Å². The van der Waals surface area contributed by atoms with E-state index in [1.165, 1.54) is 13.1 Å². The van der Waals surface area contributed by atoms with Gasteiger partial charge >= 0.3 is 0 Å². The highest BCUT2D eigenvalue weighted by Gasteiger charge is 2.23. The van der Waals surface area contributed by atoms with Gasteiger partial charge in [0.25, 0.3) is 5.91 Å². The minimum atomic E-state index is -1.17. The molecule has 2 aromatic carbocycles. The Morgan fingerprint density at radius 3 is 2.24 bits per heavy atom. The summed E-state index contributed by atoms with van der Waals surface area (Å²) in [6, 6.07) is 10.5. The molecule has 1 atom stereocenters. The molecule has 0 aliphatic rings. The Labute approximate surface area is 166 Å². The second-order valence-corrected chi connectivity index (χ2v) is 6.58. The summed E-state index contributed by atoms with van der Waals surface area (Å²) >= 11 is 0. The first-order valence-electron chi connectivity index (χ1n) is 8.91. The van der Waals surface area contributed by atoms with Crippen LogP contribution in [0.15, 0.2) is 48.5 Å². The molecule has 0 aliphatic carbocycles. The molecule has 2 N–H and O–H groups in total. The number of halogens is 2. The van der Waals surface area contributed by atoms with Gasteiger partial charge in [0.1, 0.15) is 6.04 Å². The van der Waals surface area contributed by atoms with E-state index in [2.05, 4.69) is 15.7 Å². The number of rotatable bonds is 5. The van der Waals surface area contributed by atoms with Crippen molar-refractivity contribution in [3.63, 3.8) is 0 Å². The molecule has 2 amide bonds. The van der Waals surface area contributed by atoms with Gasteiger partial charge in [-0.1, -0.05) is 6.07 Å². The zero-order valence-electron chi connectivity index (χ0n) is 16.2. The van der Waals surface area contributed by atoms with Crippen LogP contribution in [-0.2, 0) is 4.79 Å². The molecule has 0 saturated carbocycles. The van der Waals surface area contributed by atoms with Crippen LogP contribution in [0.5, 0.6) is 0 Å². The van der Waals surface area contributed by atoms with Gasteiger partial charge in [-0.05, 0) is 61.9 Å². The summed E-state index contributed by atoms with van der Waals surface area (Å²) in [6.07, 6.45) is 0. The smallest absolute Gasteiger partial charge is 0.252 e. The van der Waals surface area contributed by atoms with Crippen LogP contribution in [0.1, 0.15) is 33.4 Å². The standard InChI is InChI=1S/C21H20F2N4O2/c1-12-10-13(2)27(26-12)16-7-4-14(5-8-16)20(28)25-19(21(29)24-3)15-6-9-17(22)18(23)11-15/h4-11,19H,1-3H3,(H,24,29)(H,25,28). The van der Waals surface area contributed by atoms with Crippen molar-refractivity contribution in [1.82, 2.24) is 20.4 Å². The summed E-state index contributed by atoms with van der Waals surface area (Å²) in [5, 5.41) is 9.36. The summed E-state index contributed by atoms with van der Waals surface area (Å²) in [6.45, 7) is 3.82. The van der Waals surface area contributed by atoms with Crippen LogP contribution >= 0.6 is 0 Å². The minimum Gasteiger partial charge on any atom is -0.357 e. The van der Waals surface area contributed by atoms with Gasteiger partial charge in [-0.3, -0.25) is 9.59 Å². The number of nitrogens with zero attached hydrogens (tertiary/aromatic N) is 2. The zero-order chi connectivity index (χ0) is 21.1. The molecular weight excluding hydrogens is 378 g/mol. The highest BCUT2D eigenvalue weighted by molar-refractivity contribution is 5.98. The van der Waals surface area contributed by atoms with Crippen LogP contribution in [0.4, 0.5) is 8.78 Å². The number of carbonyl (C=O) groups is 2. The van der Waals surface area contributed by atoms with Crippen molar-refractivity contribution < 1.29 is 18.4 Å². The molecule has 0 saturated heterocycles. The normalized spacial score (nSPS) is 11.8. The first-order chi connectivity index (χ1) is 13.8. The predicted molar refractivity (Wildman–Crippen MR) is 104 cm³/mol. The van der Waals surface area contributed by atoms with E-state index < -0.39 is 29.5 Å². The summed E-state index contributed by atoms with van der Waals surface area (Å²) in [7, 11) is 1.39. The molecule has 150 valence electrons. The average Bonchev–Trinajstić information content (AvgIpc) is 3.05. The first kappa shape index (κ1) is 20.2. The van der Waals surface area contributed by atoms with Crippen LogP contribution in [0, 0.1) is 25.5 Å². The van der Waals surface area contributed by atoms with Gasteiger partial charge < -0.3 is 10.6 Å². The number of amides is 2. The lowest BCUT2D eigenvalue weighted by atomic mass is 10.0. The van der Waals surface area contributed by atoms with Crippen molar-refractivity contribution >= 4 is 11.8 Å². The van der Waals surface area contributed by atoms with Crippen molar-refractivity contribution in [2.75, 3.05) is 7.05 Å².